The van der Waals surface area contributed by atoms with Crippen LogP contribution in [0.15, 0.2) is 84.9 Å². The molecule has 0 aliphatic carbocycles. The number of nitrogens with zero attached hydrogens (tertiary/aromatic N) is 1. The van der Waals surface area contributed by atoms with Crippen LogP contribution in [0.2, 0.25) is 0 Å². The van der Waals surface area contributed by atoms with Crippen LogP contribution in [0.1, 0.15) is 28.7 Å². The van der Waals surface area contributed by atoms with E-state index >= 15 is 0 Å². The van der Waals surface area contributed by atoms with E-state index in [1.807, 2.05) is 65.6 Å². The monoisotopic (exact) mass is 343 g/mol. The summed E-state index contributed by atoms with van der Waals surface area (Å²) in [6.07, 6.45) is 0. The second-order valence-corrected chi connectivity index (χ2v) is 6.53. The highest BCUT2D eigenvalue weighted by Crippen LogP contribution is 2.49. The van der Waals surface area contributed by atoms with Gasteiger partial charge in [-0.25, -0.2) is 0 Å². The van der Waals surface area contributed by atoms with E-state index in [0.717, 1.165) is 22.4 Å². The SMILES string of the molecule is COc1ccccc1[C@H]1C(=O)N(Cc2ccccc2)[C@@H]1c1ccccc1. The standard InChI is InChI=1S/C23H21NO2/c1-26-20-15-9-8-14-19(20)21-22(18-12-6-3-7-13-18)24(23(21)25)16-17-10-4-2-5-11-17/h2-15,21-22H,16H2,1H3/t21-,22-/m1/s1. The minimum absolute atomic E-state index is 0.0141. The van der Waals surface area contributed by atoms with E-state index in [-0.39, 0.29) is 17.9 Å². The van der Waals surface area contributed by atoms with E-state index in [4.69, 9.17) is 4.74 Å². The lowest BCUT2D eigenvalue weighted by molar-refractivity contribution is -0.151. The van der Waals surface area contributed by atoms with Crippen molar-refractivity contribution in [2.45, 2.75) is 18.5 Å². The normalized spacial score (nSPS) is 19.1. The Hall–Kier alpha value is -3.07. The van der Waals surface area contributed by atoms with Crippen molar-refractivity contribution in [3.8, 4) is 5.75 Å². The van der Waals surface area contributed by atoms with Gasteiger partial charge in [0.25, 0.3) is 0 Å². The predicted molar refractivity (Wildman–Crippen MR) is 102 cm³/mol. The first-order valence-electron chi connectivity index (χ1n) is 8.82. The van der Waals surface area contributed by atoms with Crippen molar-refractivity contribution in [3.63, 3.8) is 0 Å². The average molecular weight is 343 g/mol. The molecule has 0 radical (unpaired) electrons. The molecule has 4 rings (SSSR count). The molecule has 130 valence electrons. The summed E-state index contributed by atoms with van der Waals surface area (Å²) < 4.78 is 5.52. The van der Waals surface area contributed by atoms with Crippen LogP contribution in [0, 0.1) is 0 Å². The van der Waals surface area contributed by atoms with Gasteiger partial charge in [0.2, 0.25) is 5.91 Å². The summed E-state index contributed by atoms with van der Waals surface area (Å²) in [5.41, 5.74) is 3.25. The molecule has 0 spiro atoms. The predicted octanol–water partition coefficient (Wildman–Crippen LogP) is 4.56. The van der Waals surface area contributed by atoms with Crippen molar-refractivity contribution in [2.75, 3.05) is 7.11 Å². The third kappa shape index (κ3) is 2.86. The zero-order valence-electron chi connectivity index (χ0n) is 14.7. The number of hydrogen-bond acceptors (Lipinski definition) is 2. The van der Waals surface area contributed by atoms with Crippen molar-refractivity contribution < 1.29 is 9.53 Å². The molecule has 0 unspecified atom stereocenters. The molecule has 1 amide bonds. The number of carbonyl (C=O) groups is 1. The minimum atomic E-state index is -0.211. The van der Waals surface area contributed by atoms with Crippen molar-refractivity contribution >= 4 is 5.91 Å². The summed E-state index contributed by atoms with van der Waals surface area (Å²) in [7, 11) is 1.65. The van der Waals surface area contributed by atoms with E-state index in [1.54, 1.807) is 7.11 Å². The zero-order chi connectivity index (χ0) is 17.9. The number of ether oxygens (including phenoxy) is 1. The first kappa shape index (κ1) is 16.4. The Balaban J connectivity index is 1.71. The van der Waals surface area contributed by atoms with Gasteiger partial charge in [-0.15, -0.1) is 0 Å². The van der Waals surface area contributed by atoms with Crippen molar-refractivity contribution in [1.82, 2.24) is 4.90 Å². The molecule has 1 aliphatic rings. The quantitative estimate of drug-likeness (QED) is 0.636. The molecule has 1 saturated heterocycles. The van der Waals surface area contributed by atoms with E-state index in [0.29, 0.717) is 6.54 Å². The van der Waals surface area contributed by atoms with Gasteiger partial charge in [0.05, 0.1) is 19.1 Å². The summed E-state index contributed by atoms with van der Waals surface area (Å²) in [6.45, 7) is 0.616. The van der Waals surface area contributed by atoms with Crippen molar-refractivity contribution in [3.05, 3.63) is 102 Å². The van der Waals surface area contributed by atoms with Gasteiger partial charge in [0.15, 0.2) is 0 Å². The molecule has 3 aromatic rings. The summed E-state index contributed by atoms with van der Waals surface area (Å²) in [4.78, 5) is 15.0. The minimum Gasteiger partial charge on any atom is -0.496 e. The van der Waals surface area contributed by atoms with Crippen LogP contribution in [0.25, 0.3) is 0 Å². The molecule has 1 heterocycles. The fourth-order valence-corrected chi connectivity index (χ4v) is 3.75. The number of likely N-dealkylation sites (tertiary alicyclic amines) is 1. The molecular formula is C23H21NO2. The Kier molecular flexibility index (Phi) is 4.44. The van der Waals surface area contributed by atoms with Crippen molar-refractivity contribution in [2.24, 2.45) is 0 Å². The molecule has 0 bridgehead atoms. The molecular weight excluding hydrogens is 322 g/mol. The first-order valence-corrected chi connectivity index (χ1v) is 8.82. The Morgan fingerprint density at radius 3 is 2.15 bits per heavy atom. The lowest BCUT2D eigenvalue weighted by Crippen LogP contribution is -2.52. The molecule has 3 aromatic carbocycles. The van der Waals surface area contributed by atoms with E-state index in [2.05, 4.69) is 24.3 Å². The maximum atomic E-state index is 13.1. The summed E-state index contributed by atoms with van der Waals surface area (Å²) >= 11 is 0. The van der Waals surface area contributed by atoms with Crippen LogP contribution >= 0.6 is 0 Å². The second kappa shape index (κ2) is 7.04. The summed E-state index contributed by atoms with van der Waals surface area (Å²) in [6, 6.07) is 28.2. The van der Waals surface area contributed by atoms with Crippen LogP contribution in [0.5, 0.6) is 5.75 Å². The van der Waals surface area contributed by atoms with Gasteiger partial charge in [-0.05, 0) is 17.2 Å². The lowest BCUT2D eigenvalue weighted by atomic mass is 9.77. The van der Waals surface area contributed by atoms with Crippen molar-refractivity contribution in [1.29, 1.82) is 0 Å². The average Bonchev–Trinajstić information content (AvgIpc) is 2.71. The Labute approximate surface area is 153 Å². The number of methoxy groups -OCH3 is 1. The van der Waals surface area contributed by atoms with Gasteiger partial charge in [0, 0.05) is 12.1 Å². The number of benzene rings is 3. The fourth-order valence-electron chi connectivity index (χ4n) is 3.75. The number of amides is 1. The molecule has 0 aromatic heterocycles. The fraction of sp³-hybridized carbons (Fsp3) is 0.174. The molecule has 0 saturated carbocycles. The second-order valence-electron chi connectivity index (χ2n) is 6.53. The third-order valence-corrected chi connectivity index (χ3v) is 5.01. The van der Waals surface area contributed by atoms with Crippen LogP contribution in [0.4, 0.5) is 0 Å². The van der Waals surface area contributed by atoms with Gasteiger partial charge in [0.1, 0.15) is 5.75 Å². The Bertz CT molecular complexity index is 892. The highest BCUT2D eigenvalue weighted by molar-refractivity contribution is 5.92. The molecule has 0 N–H and O–H groups in total. The smallest absolute Gasteiger partial charge is 0.233 e. The Morgan fingerprint density at radius 1 is 0.846 bits per heavy atom. The van der Waals surface area contributed by atoms with Crippen LogP contribution in [-0.4, -0.2) is 17.9 Å². The number of para-hydroxylation sites is 1. The van der Waals surface area contributed by atoms with Gasteiger partial charge in [-0.1, -0.05) is 78.9 Å². The lowest BCUT2D eigenvalue weighted by Gasteiger charge is -2.48. The van der Waals surface area contributed by atoms with Gasteiger partial charge in [-0.3, -0.25) is 4.79 Å². The van der Waals surface area contributed by atoms with Gasteiger partial charge < -0.3 is 9.64 Å². The Morgan fingerprint density at radius 2 is 1.46 bits per heavy atom. The zero-order valence-corrected chi connectivity index (χ0v) is 14.7. The molecule has 3 heteroatoms. The van der Waals surface area contributed by atoms with E-state index in [9.17, 15) is 4.79 Å². The van der Waals surface area contributed by atoms with E-state index in [1.165, 1.54) is 0 Å². The largest absolute Gasteiger partial charge is 0.496 e. The van der Waals surface area contributed by atoms with Crippen LogP contribution < -0.4 is 4.74 Å². The highest BCUT2D eigenvalue weighted by Gasteiger charge is 2.49. The molecule has 3 nitrogen and oxygen atoms in total. The van der Waals surface area contributed by atoms with Gasteiger partial charge >= 0.3 is 0 Å². The number of rotatable bonds is 5. The highest BCUT2D eigenvalue weighted by atomic mass is 16.5. The third-order valence-electron chi connectivity index (χ3n) is 5.01. The van der Waals surface area contributed by atoms with E-state index < -0.39 is 0 Å². The molecule has 2 atom stereocenters. The number of β-lactam (4-membered cyclic amide) rings is 1. The van der Waals surface area contributed by atoms with Crippen LogP contribution in [-0.2, 0) is 11.3 Å². The first-order chi connectivity index (χ1) is 12.8. The molecule has 1 fully saturated rings. The number of carbonyl (C=O) groups excluding carboxylic acids is 1. The maximum absolute atomic E-state index is 13.1. The summed E-state index contributed by atoms with van der Waals surface area (Å²) in [5, 5.41) is 0. The molecule has 1 aliphatic heterocycles. The topological polar surface area (TPSA) is 29.5 Å². The maximum Gasteiger partial charge on any atom is 0.233 e. The van der Waals surface area contributed by atoms with Crippen LogP contribution in [0.3, 0.4) is 0 Å². The number of hydrogen-bond donors (Lipinski definition) is 0. The van der Waals surface area contributed by atoms with Gasteiger partial charge in [-0.2, -0.15) is 0 Å². The molecule has 26 heavy (non-hydrogen) atoms. The summed E-state index contributed by atoms with van der Waals surface area (Å²) in [5.74, 6) is 0.704.